The highest BCUT2D eigenvalue weighted by Gasteiger charge is 2.20. The van der Waals surface area contributed by atoms with Gasteiger partial charge >= 0.3 is 5.97 Å². The molecule has 0 aliphatic carbocycles. The zero-order valence-corrected chi connectivity index (χ0v) is 17.9. The standard InChI is InChI=1S/C26H25NO4/c1-18-13-14-21(19(2)15-18)16-27(3)24(28)17-31-26(30)23-12-8-7-11-22(23)25(29)20-9-5-4-6-10-20/h4-15H,16-17H2,1-3H3. The molecule has 158 valence electrons. The molecule has 0 N–H and O–H groups in total. The lowest BCUT2D eigenvalue weighted by atomic mass is 9.98. The first-order valence-corrected chi connectivity index (χ1v) is 10.0. The Balaban J connectivity index is 1.65. The van der Waals surface area contributed by atoms with Crippen molar-refractivity contribution in [1.82, 2.24) is 4.90 Å². The molecule has 0 saturated carbocycles. The highest BCUT2D eigenvalue weighted by atomic mass is 16.5. The number of rotatable bonds is 7. The van der Waals surface area contributed by atoms with Crippen LogP contribution in [0.3, 0.4) is 0 Å². The molecule has 0 aromatic heterocycles. The molecule has 0 aliphatic rings. The monoisotopic (exact) mass is 415 g/mol. The Morgan fingerprint density at radius 3 is 2.16 bits per heavy atom. The Kier molecular flexibility index (Phi) is 6.98. The summed E-state index contributed by atoms with van der Waals surface area (Å²) in [6.07, 6.45) is 0. The Bertz CT molecular complexity index is 1110. The van der Waals surface area contributed by atoms with Gasteiger partial charge in [-0.25, -0.2) is 4.79 Å². The van der Waals surface area contributed by atoms with Crippen molar-refractivity contribution >= 4 is 17.7 Å². The first-order valence-electron chi connectivity index (χ1n) is 10.0. The smallest absolute Gasteiger partial charge is 0.339 e. The fourth-order valence-electron chi connectivity index (χ4n) is 3.29. The van der Waals surface area contributed by atoms with Crippen LogP contribution in [0.25, 0.3) is 0 Å². The zero-order valence-electron chi connectivity index (χ0n) is 17.9. The Labute approximate surface area is 182 Å². The number of amides is 1. The van der Waals surface area contributed by atoms with Gasteiger partial charge in [-0.3, -0.25) is 9.59 Å². The third kappa shape index (κ3) is 5.45. The van der Waals surface area contributed by atoms with E-state index in [9.17, 15) is 14.4 Å². The quantitative estimate of drug-likeness (QED) is 0.425. The van der Waals surface area contributed by atoms with Crippen LogP contribution in [-0.2, 0) is 16.1 Å². The van der Waals surface area contributed by atoms with Crippen LogP contribution >= 0.6 is 0 Å². The van der Waals surface area contributed by atoms with E-state index in [-0.39, 0.29) is 22.8 Å². The molecule has 0 bridgehead atoms. The largest absolute Gasteiger partial charge is 0.452 e. The van der Waals surface area contributed by atoms with Crippen molar-refractivity contribution in [3.63, 3.8) is 0 Å². The van der Waals surface area contributed by atoms with Gasteiger partial charge in [0.25, 0.3) is 5.91 Å². The average Bonchev–Trinajstić information content (AvgIpc) is 2.79. The van der Waals surface area contributed by atoms with Gasteiger partial charge in [0, 0.05) is 24.7 Å². The third-order valence-electron chi connectivity index (χ3n) is 5.09. The van der Waals surface area contributed by atoms with Gasteiger partial charge in [-0.05, 0) is 31.0 Å². The lowest BCUT2D eigenvalue weighted by molar-refractivity contribution is -0.133. The number of carbonyl (C=O) groups is 3. The Hall–Kier alpha value is -3.73. The van der Waals surface area contributed by atoms with Crippen LogP contribution in [0.1, 0.15) is 43.0 Å². The first-order chi connectivity index (χ1) is 14.9. The molecule has 3 rings (SSSR count). The van der Waals surface area contributed by atoms with Crippen molar-refractivity contribution < 1.29 is 19.1 Å². The molecule has 1 amide bonds. The number of ether oxygens (including phenoxy) is 1. The molecule has 0 atom stereocenters. The summed E-state index contributed by atoms with van der Waals surface area (Å²) in [4.78, 5) is 39.4. The fourth-order valence-corrected chi connectivity index (χ4v) is 3.29. The molecule has 0 radical (unpaired) electrons. The normalized spacial score (nSPS) is 10.4. The summed E-state index contributed by atoms with van der Waals surface area (Å²) in [5.41, 5.74) is 4.16. The fraction of sp³-hybridized carbons (Fsp3) is 0.192. The van der Waals surface area contributed by atoms with E-state index in [2.05, 4.69) is 6.07 Å². The van der Waals surface area contributed by atoms with E-state index in [0.29, 0.717) is 12.1 Å². The lowest BCUT2D eigenvalue weighted by Gasteiger charge is -2.19. The van der Waals surface area contributed by atoms with Gasteiger partial charge < -0.3 is 9.64 Å². The summed E-state index contributed by atoms with van der Waals surface area (Å²) in [7, 11) is 1.67. The number of aryl methyl sites for hydroxylation is 2. The second kappa shape index (κ2) is 9.85. The molecule has 0 heterocycles. The Morgan fingerprint density at radius 1 is 0.839 bits per heavy atom. The van der Waals surface area contributed by atoms with E-state index in [1.165, 1.54) is 11.0 Å². The molecule has 3 aromatic carbocycles. The molecule has 5 nitrogen and oxygen atoms in total. The first kappa shape index (κ1) is 22.0. The highest BCUT2D eigenvalue weighted by molar-refractivity contribution is 6.14. The second-order valence-electron chi connectivity index (χ2n) is 7.50. The van der Waals surface area contributed by atoms with Crippen LogP contribution in [-0.4, -0.2) is 36.2 Å². The molecule has 31 heavy (non-hydrogen) atoms. The van der Waals surface area contributed by atoms with Crippen LogP contribution in [0.15, 0.2) is 72.8 Å². The van der Waals surface area contributed by atoms with Crippen LogP contribution in [0.5, 0.6) is 0 Å². The minimum absolute atomic E-state index is 0.140. The average molecular weight is 415 g/mol. The van der Waals surface area contributed by atoms with Gasteiger partial charge in [0.1, 0.15) is 0 Å². The number of ketones is 1. The molecule has 3 aromatic rings. The molecule has 5 heteroatoms. The summed E-state index contributed by atoms with van der Waals surface area (Å²) in [5, 5.41) is 0. The number of likely N-dealkylation sites (N-methyl/N-ethyl adjacent to an activating group) is 1. The topological polar surface area (TPSA) is 63.7 Å². The number of nitrogens with zero attached hydrogens (tertiary/aromatic N) is 1. The van der Waals surface area contributed by atoms with Gasteiger partial charge in [0.2, 0.25) is 0 Å². The number of esters is 1. The predicted molar refractivity (Wildman–Crippen MR) is 119 cm³/mol. The Morgan fingerprint density at radius 2 is 1.48 bits per heavy atom. The molecule has 0 saturated heterocycles. The van der Waals surface area contributed by atoms with Gasteiger partial charge in [0.05, 0.1) is 5.56 Å². The van der Waals surface area contributed by atoms with Gasteiger partial charge in [-0.1, -0.05) is 72.3 Å². The molecule has 0 aliphatic heterocycles. The lowest BCUT2D eigenvalue weighted by Crippen LogP contribution is -2.31. The van der Waals surface area contributed by atoms with Crippen LogP contribution in [0.4, 0.5) is 0 Å². The van der Waals surface area contributed by atoms with Gasteiger partial charge in [0.15, 0.2) is 12.4 Å². The minimum Gasteiger partial charge on any atom is -0.452 e. The third-order valence-corrected chi connectivity index (χ3v) is 5.09. The molecule has 0 spiro atoms. The van der Waals surface area contributed by atoms with Crippen molar-refractivity contribution in [2.24, 2.45) is 0 Å². The van der Waals surface area contributed by atoms with Gasteiger partial charge in [-0.2, -0.15) is 0 Å². The summed E-state index contributed by atoms with van der Waals surface area (Å²) < 4.78 is 5.24. The number of benzene rings is 3. The summed E-state index contributed by atoms with van der Waals surface area (Å²) in [6.45, 7) is 4.05. The van der Waals surface area contributed by atoms with E-state index in [1.54, 1.807) is 49.5 Å². The summed E-state index contributed by atoms with van der Waals surface area (Å²) >= 11 is 0. The number of hydrogen-bond acceptors (Lipinski definition) is 4. The zero-order chi connectivity index (χ0) is 22.4. The van der Waals surface area contributed by atoms with Crippen molar-refractivity contribution in [3.05, 3.63) is 106 Å². The molecular weight excluding hydrogens is 390 g/mol. The maximum absolute atomic E-state index is 12.8. The van der Waals surface area contributed by atoms with Crippen molar-refractivity contribution in [2.45, 2.75) is 20.4 Å². The maximum atomic E-state index is 12.8. The summed E-state index contributed by atoms with van der Waals surface area (Å²) in [5.74, 6) is -1.29. The predicted octanol–water partition coefficient (Wildman–Crippen LogP) is 4.35. The molecule has 0 fully saturated rings. The van der Waals surface area contributed by atoms with E-state index in [4.69, 9.17) is 4.74 Å². The van der Waals surface area contributed by atoms with E-state index < -0.39 is 12.6 Å². The highest BCUT2D eigenvalue weighted by Crippen LogP contribution is 2.16. The number of hydrogen-bond donors (Lipinski definition) is 0. The van der Waals surface area contributed by atoms with Crippen molar-refractivity contribution in [3.8, 4) is 0 Å². The molecular formula is C26H25NO4. The maximum Gasteiger partial charge on any atom is 0.339 e. The van der Waals surface area contributed by atoms with Crippen molar-refractivity contribution in [1.29, 1.82) is 0 Å². The minimum atomic E-state index is -0.701. The summed E-state index contributed by atoms with van der Waals surface area (Å²) in [6, 6.07) is 21.2. The van der Waals surface area contributed by atoms with Crippen LogP contribution in [0.2, 0.25) is 0 Å². The SMILES string of the molecule is Cc1ccc(CN(C)C(=O)COC(=O)c2ccccc2C(=O)c2ccccc2)c(C)c1. The molecule has 0 unspecified atom stereocenters. The van der Waals surface area contributed by atoms with Gasteiger partial charge in [-0.15, -0.1) is 0 Å². The number of carbonyl (C=O) groups excluding carboxylic acids is 3. The van der Waals surface area contributed by atoms with E-state index >= 15 is 0 Å². The van der Waals surface area contributed by atoms with Crippen molar-refractivity contribution in [2.75, 3.05) is 13.7 Å². The van der Waals surface area contributed by atoms with Crippen LogP contribution in [0, 0.1) is 13.8 Å². The van der Waals surface area contributed by atoms with E-state index in [0.717, 1.165) is 16.7 Å². The van der Waals surface area contributed by atoms with Crippen LogP contribution < -0.4 is 0 Å². The second-order valence-corrected chi connectivity index (χ2v) is 7.50. The van der Waals surface area contributed by atoms with E-state index in [1.807, 2.05) is 32.0 Å².